The van der Waals surface area contributed by atoms with Crippen LogP contribution in [0.1, 0.15) is 26.2 Å². The first-order valence-electron chi connectivity index (χ1n) is 6.15. The van der Waals surface area contributed by atoms with Gasteiger partial charge in [-0.3, -0.25) is 0 Å². The van der Waals surface area contributed by atoms with Crippen molar-refractivity contribution in [1.29, 1.82) is 0 Å². The lowest BCUT2D eigenvalue weighted by Gasteiger charge is -2.24. The zero-order chi connectivity index (χ0) is 13.8. The summed E-state index contributed by atoms with van der Waals surface area (Å²) in [7, 11) is 0. The number of amidine groups is 1. The first-order valence-corrected chi connectivity index (χ1v) is 6.15. The van der Waals surface area contributed by atoms with Crippen molar-refractivity contribution in [1.82, 2.24) is 4.90 Å². The molecule has 1 aliphatic rings. The second-order valence-electron chi connectivity index (χ2n) is 4.82. The number of hydrogen-bond acceptors (Lipinski definition) is 3. The molecule has 3 N–H and O–H groups in total. The SMILES string of the molecule is CCCC1CCN(CC(C(N)=NO)C(F)(F)F)C1. The highest BCUT2D eigenvalue weighted by molar-refractivity contribution is 5.83. The highest BCUT2D eigenvalue weighted by Crippen LogP contribution is 2.29. The molecule has 4 nitrogen and oxygen atoms in total. The molecule has 18 heavy (non-hydrogen) atoms. The maximum atomic E-state index is 12.8. The summed E-state index contributed by atoms with van der Waals surface area (Å²) in [4.78, 5) is 1.75. The Morgan fingerprint density at radius 3 is 2.72 bits per heavy atom. The van der Waals surface area contributed by atoms with Gasteiger partial charge in [-0.1, -0.05) is 18.5 Å². The van der Waals surface area contributed by atoms with Crippen LogP contribution in [0, 0.1) is 11.8 Å². The van der Waals surface area contributed by atoms with Gasteiger partial charge in [0.2, 0.25) is 0 Å². The third-order valence-electron chi connectivity index (χ3n) is 3.38. The number of alkyl halides is 3. The molecule has 1 fully saturated rings. The molecular formula is C11H20F3N3O. The highest BCUT2D eigenvalue weighted by atomic mass is 19.4. The number of oxime groups is 1. The molecule has 1 heterocycles. The lowest BCUT2D eigenvalue weighted by molar-refractivity contribution is -0.159. The van der Waals surface area contributed by atoms with Crippen LogP contribution in [-0.4, -0.2) is 41.8 Å². The van der Waals surface area contributed by atoms with E-state index in [1.54, 1.807) is 4.90 Å². The van der Waals surface area contributed by atoms with E-state index in [1.165, 1.54) is 0 Å². The van der Waals surface area contributed by atoms with Gasteiger partial charge in [0, 0.05) is 13.1 Å². The van der Waals surface area contributed by atoms with Crippen molar-refractivity contribution in [2.75, 3.05) is 19.6 Å². The maximum absolute atomic E-state index is 12.8. The van der Waals surface area contributed by atoms with Gasteiger partial charge in [-0.25, -0.2) is 0 Å². The highest BCUT2D eigenvalue weighted by Gasteiger charge is 2.44. The Bertz CT molecular complexity index is 294. The predicted molar refractivity (Wildman–Crippen MR) is 62.4 cm³/mol. The van der Waals surface area contributed by atoms with E-state index in [-0.39, 0.29) is 6.54 Å². The van der Waals surface area contributed by atoms with E-state index < -0.39 is 17.9 Å². The van der Waals surface area contributed by atoms with Crippen molar-refractivity contribution in [2.45, 2.75) is 32.4 Å². The number of hydrogen-bond donors (Lipinski definition) is 2. The second-order valence-corrected chi connectivity index (χ2v) is 4.82. The standard InChI is InChI=1S/C11H20F3N3O/c1-2-3-8-4-5-17(6-8)7-9(10(15)16-18)11(12,13)14/h8-9,18H,2-7H2,1H3,(H2,15,16). The van der Waals surface area contributed by atoms with Crippen molar-refractivity contribution in [3.05, 3.63) is 0 Å². The zero-order valence-corrected chi connectivity index (χ0v) is 10.5. The first kappa shape index (κ1) is 15.1. The number of rotatable bonds is 5. The second kappa shape index (κ2) is 6.26. The molecule has 0 radical (unpaired) electrons. The maximum Gasteiger partial charge on any atom is 0.400 e. The monoisotopic (exact) mass is 267 g/mol. The molecule has 0 spiro atoms. The van der Waals surface area contributed by atoms with Gasteiger partial charge in [-0.2, -0.15) is 13.2 Å². The van der Waals surface area contributed by atoms with Crippen molar-refractivity contribution in [2.24, 2.45) is 22.7 Å². The lowest BCUT2D eigenvalue weighted by Crippen LogP contribution is -2.43. The van der Waals surface area contributed by atoms with Crippen molar-refractivity contribution in [3.63, 3.8) is 0 Å². The predicted octanol–water partition coefficient (Wildman–Crippen LogP) is 2.03. The third kappa shape index (κ3) is 4.04. The molecule has 0 saturated carbocycles. The molecule has 2 atom stereocenters. The number of nitrogens with zero attached hydrogens (tertiary/aromatic N) is 2. The molecule has 0 bridgehead atoms. The van der Waals surface area contributed by atoms with E-state index in [0.29, 0.717) is 19.0 Å². The summed E-state index contributed by atoms with van der Waals surface area (Å²) in [6, 6.07) is 0. The van der Waals surface area contributed by atoms with Crippen LogP contribution in [0.2, 0.25) is 0 Å². The van der Waals surface area contributed by atoms with Gasteiger partial charge < -0.3 is 15.8 Å². The van der Waals surface area contributed by atoms with Crippen molar-refractivity contribution in [3.8, 4) is 0 Å². The molecule has 0 aromatic carbocycles. The minimum absolute atomic E-state index is 0.223. The van der Waals surface area contributed by atoms with Crippen LogP contribution >= 0.6 is 0 Å². The fourth-order valence-electron chi connectivity index (χ4n) is 2.42. The molecule has 1 aliphatic heterocycles. The van der Waals surface area contributed by atoms with Crippen LogP contribution in [0.3, 0.4) is 0 Å². The Morgan fingerprint density at radius 1 is 1.56 bits per heavy atom. The van der Waals surface area contributed by atoms with Gasteiger partial charge in [0.05, 0.1) is 0 Å². The molecule has 0 aromatic heterocycles. The Hall–Kier alpha value is -0.980. The molecular weight excluding hydrogens is 247 g/mol. The summed E-state index contributed by atoms with van der Waals surface area (Å²) in [6.45, 7) is 3.16. The molecule has 106 valence electrons. The van der Waals surface area contributed by atoms with E-state index in [1.807, 2.05) is 0 Å². The third-order valence-corrected chi connectivity index (χ3v) is 3.38. The topological polar surface area (TPSA) is 61.8 Å². The smallest absolute Gasteiger partial charge is 0.400 e. The summed E-state index contributed by atoms with van der Waals surface area (Å²) in [6.07, 6.45) is -1.47. The summed E-state index contributed by atoms with van der Waals surface area (Å²) in [5, 5.41) is 10.9. The van der Waals surface area contributed by atoms with Crippen LogP contribution < -0.4 is 5.73 Å². The van der Waals surface area contributed by atoms with E-state index in [9.17, 15) is 13.2 Å². The molecule has 7 heteroatoms. The fourth-order valence-corrected chi connectivity index (χ4v) is 2.42. The van der Waals surface area contributed by atoms with Gasteiger partial charge in [-0.05, 0) is 25.3 Å². The minimum Gasteiger partial charge on any atom is -0.409 e. The van der Waals surface area contributed by atoms with E-state index in [0.717, 1.165) is 19.3 Å². The van der Waals surface area contributed by atoms with Gasteiger partial charge >= 0.3 is 6.18 Å². The van der Waals surface area contributed by atoms with Crippen LogP contribution in [0.15, 0.2) is 5.16 Å². The Labute approximate surface area is 105 Å². The number of nitrogens with two attached hydrogens (primary N) is 1. The van der Waals surface area contributed by atoms with E-state index >= 15 is 0 Å². The van der Waals surface area contributed by atoms with Crippen molar-refractivity contribution >= 4 is 5.84 Å². The van der Waals surface area contributed by atoms with Crippen LogP contribution in [0.4, 0.5) is 13.2 Å². The van der Waals surface area contributed by atoms with Crippen LogP contribution in [0.5, 0.6) is 0 Å². The summed E-state index contributed by atoms with van der Waals surface area (Å²) >= 11 is 0. The summed E-state index contributed by atoms with van der Waals surface area (Å²) < 4.78 is 38.3. The molecule has 1 rings (SSSR count). The van der Waals surface area contributed by atoms with Crippen LogP contribution in [-0.2, 0) is 0 Å². The Balaban J connectivity index is 2.58. The quantitative estimate of drug-likeness (QED) is 0.347. The fraction of sp³-hybridized carbons (Fsp3) is 0.909. The normalized spacial score (nSPS) is 24.4. The molecule has 1 saturated heterocycles. The molecule has 0 aromatic rings. The Kier molecular flexibility index (Phi) is 5.25. The van der Waals surface area contributed by atoms with Gasteiger partial charge in [0.25, 0.3) is 0 Å². The summed E-state index contributed by atoms with van der Waals surface area (Å²) in [5.74, 6) is -2.18. The van der Waals surface area contributed by atoms with Gasteiger partial charge in [-0.15, -0.1) is 0 Å². The Morgan fingerprint density at radius 2 is 2.22 bits per heavy atom. The summed E-state index contributed by atoms with van der Waals surface area (Å²) in [5.41, 5.74) is 5.13. The van der Waals surface area contributed by atoms with Crippen LogP contribution in [0.25, 0.3) is 0 Å². The molecule has 2 unspecified atom stereocenters. The largest absolute Gasteiger partial charge is 0.409 e. The average molecular weight is 267 g/mol. The van der Waals surface area contributed by atoms with Crippen molar-refractivity contribution < 1.29 is 18.4 Å². The number of likely N-dealkylation sites (tertiary alicyclic amines) is 1. The molecule has 0 aliphatic carbocycles. The zero-order valence-electron chi connectivity index (χ0n) is 10.5. The lowest BCUT2D eigenvalue weighted by atomic mass is 10.0. The van der Waals surface area contributed by atoms with Gasteiger partial charge in [0.15, 0.2) is 5.84 Å². The average Bonchev–Trinajstić information content (AvgIpc) is 2.72. The molecule has 0 amide bonds. The number of halogens is 3. The van der Waals surface area contributed by atoms with Gasteiger partial charge in [0.1, 0.15) is 5.92 Å². The van der Waals surface area contributed by atoms with E-state index in [4.69, 9.17) is 10.9 Å². The minimum atomic E-state index is -4.47. The first-order chi connectivity index (χ1) is 8.38. The van der Waals surface area contributed by atoms with E-state index in [2.05, 4.69) is 12.1 Å².